The Bertz CT molecular complexity index is 507. The van der Waals surface area contributed by atoms with Crippen LogP contribution in [0.4, 0.5) is 4.79 Å². The van der Waals surface area contributed by atoms with Crippen LogP contribution in [0.5, 0.6) is 0 Å². The highest BCUT2D eigenvalue weighted by Gasteiger charge is 2.38. The molecule has 20 heavy (non-hydrogen) atoms. The number of nitrogens with one attached hydrogen (secondary N) is 1. The molecule has 0 radical (unpaired) electrons. The number of nitrogens with zero attached hydrogens (tertiary/aromatic N) is 1. The first-order valence-corrected chi connectivity index (χ1v) is 7.78. The normalized spacial score (nSPS) is 22.0. The van der Waals surface area contributed by atoms with Gasteiger partial charge in [0, 0.05) is 24.4 Å². The summed E-state index contributed by atoms with van der Waals surface area (Å²) in [5.74, 6) is -1.08. The first-order valence-electron chi connectivity index (χ1n) is 6.17. The molecule has 110 valence electrons. The number of aliphatic hydroxyl groups is 1. The Kier molecular flexibility index (Phi) is 5.00. The van der Waals surface area contributed by atoms with E-state index < -0.39 is 24.1 Å². The summed E-state index contributed by atoms with van der Waals surface area (Å²) in [6.07, 6.45) is 0.00614. The molecule has 3 N–H and O–H groups in total. The van der Waals surface area contributed by atoms with E-state index in [9.17, 15) is 14.7 Å². The zero-order valence-electron chi connectivity index (χ0n) is 10.6. The highest BCUT2D eigenvalue weighted by Crippen LogP contribution is 2.22. The number of thiophene rings is 1. The van der Waals surface area contributed by atoms with E-state index >= 15 is 0 Å². The van der Waals surface area contributed by atoms with E-state index in [2.05, 4.69) is 21.2 Å². The molecule has 0 spiro atoms. The monoisotopic (exact) mass is 362 g/mol. The Morgan fingerprint density at radius 1 is 1.50 bits per heavy atom. The number of carbonyl (C=O) groups is 2. The summed E-state index contributed by atoms with van der Waals surface area (Å²) in [6.45, 7) is 0.498. The van der Waals surface area contributed by atoms with E-state index in [1.165, 1.54) is 4.90 Å². The quantitative estimate of drug-likeness (QED) is 0.752. The van der Waals surface area contributed by atoms with Crippen LogP contribution in [0.3, 0.4) is 0 Å². The third-order valence-electron chi connectivity index (χ3n) is 3.10. The molecular formula is C12H15BrN2O4S. The minimum Gasteiger partial charge on any atom is -0.480 e. The smallest absolute Gasteiger partial charge is 0.326 e. The molecule has 1 aromatic rings. The average molecular weight is 363 g/mol. The van der Waals surface area contributed by atoms with Gasteiger partial charge in [0.15, 0.2) is 0 Å². The molecule has 1 fully saturated rings. The molecular weight excluding hydrogens is 348 g/mol. The van der Waals surface area contributed by atoms with Gasteiger partial charge in [0.25, 0.3) is 0 Å². The Morgan fingerprint density at radius 3 is 2.85 bits per heavy atom. The number of halogens is 1. The molecule has 2 amide bonds. The zero-order chi connectivity index (χ0) is 14.7. The molecule has 0 aliphatic carbocycles. The minimum atomic E-state index is -1.08. The lowest BCUT2D eigenvalue weighted by Gasteiger charge is -2.21. The summed E-state index contributed by atoms with van der Waals surface area (Å²) in [6, 6.07) is 2.53. The molecule has 1 saturated heterocycles. The highest BCUT2D eigenvalue weighted by atomic mass is 79.9. The van der Waals surface area contributed by atoms with E-state index in [0.717, 1.165) is 8.66 Å². The number of carboxylic acid groups (broad SMARTS) is 1. The van der Waals surface area contributed by atoms with Crippen LogP contribution in [0.25, 0.3) is 0 Å². The molecule has 2 atom stereocenters. The summed E-state index contributed by atoms with van der Waals surface area (Å²) >= 11 is 4.96. The second kappa shape index (κ2) is 6.55. The second-order valence-electron chi connectivity index (χ2n) is 4.58. The Labute approximate surface area is 128 Å². The third kappa shape index (κ3) is 3.71. The first kappa shape index (κ1) is 15.3. The van der Waals surface area contributed by atoms with E-state index in [1.807, 2.05) is 12.1 Å². The van der Waals surface area contributed by atoms with Crippen LogP contribution in [0.15, 0.2) is 15.9 Å². The summed E-state index contributed by atoms with van der Waals surface area (Å²) in [7, 11) is 0. The highest BCUT2D eigenvalue weighted by molar-refractivity contribution is 9.11. The predicted octanol–water partition coefficient (Wildman–Crippen LogP) is 1.28. The summed E-state index contributed by atoms with van der Waals surface area (Å²) in [5.41, 5.74) is 0. The molecule has 2 heterocycles. The van der Waals surface area contributed by atoms with Gasteiger partial charge in [0.05, 0.1) is 9.89 Å². The summed E-state index contributed by atoms with van der Waals surface area (Å²) in [4.78, 5) is 25.3. The van der Waals surface area contributed by atoms with Crippen LogP contribution in [-0.4, -0.2) is 52.3 Å². The van der Waals surface area contributed by atoms with E-state index in [1.54, 1.807) is 11.3 Å². The van der Waals surface area contributed by atoms with Crippen molar-refractivity contribution in [1.29, 1.82) is 0 Å². The molecule has 0 aromatic carbocycles. The fourth-order valence-electron chi connectivity index (χ4n) is 2.15. The van der Waals surface area contributed by atoms with E-state index in [-0.39, 0.29) is 13.0 Å². The number of aliphatic hydroxyl groups excluding tert-OH is 1. The topological polar surface area (TPSA) is 89.9 Å². The van der Waals surface area contributed by atoms with Crippen molar-refractivity contribution in [3.05, 3.63) is 20.8 Å². The number of β-amino-alcohol motifs (C(OH)–C–C–N with tert-alkyl or cyclic N) is 1. The van der Waals surface area contributed by atoms with Gasteiger partial charge >= 0.3 is 12.0 Å². The van der Waals surface area contributed by atoms with Crippen LogP contribution < -0.4 is 5.32 Å². The van der Waals surface area contributed by atoms with Gasteiger partial charge in [-0.05, 0) is 34.5 Å². The lowest BCUT2D eigenvalue weighted by molar-refractivity contribution is -0.141. The maximum absolute atomic E-state index is 11.9. The molecule has 0 bridgehead atoms. The van der Waals surface area contributed by atoms with E-state index in [0.29, 0.717) is 13.0 Å². The molecule has 2 rings (SSSR count). The maximum atomic E-state index is 11.9. The third-order valence-corrected chi connectivity index (χ3v) is 4.78. The first-order chi connectivity index (χ1) is 9.47. The number of rotatable bonds is 4. The van der Waals surface area contributed by atoms with Crippen molar-refractivity contribution in [3.63, 3.8) is 0 Å². The molecule has 0 saturated carbocycles. The van der Waals surface area contributed by atoms with Crippen LogP contribution in [0, 0.1) is 0 Å². The fraction of sp³-hybridized carbons (Fsp3) is 0.500. The average Bonchev–Trinajstić information content (AvgIpc) is 2.95. The van der Waals surface area contributed by atoms with Crippen LogP contribution in [0.2, 0.25) is 0 Å². The molecule has 0 unspecified atom stereocenters. The Morgan fingerprint density at radius 2 is 2.25 bits per heavy atom. The Hall–Kier alpha value is -1.12. The lowest BCUT2D eigenvalue weighted by Crippen LogP contribution is -2.46. The number of likely N-dealkylation sites (tertiary alicyclic amines) is 1. The SMILES string of the molecule is O=C(O)[C@@H]1C[C@@H](O)CN1C(=O)NCCc1ccc(Br)s1. The minimum absolute atomic E-state index is 0.0628. The van der Waals surface area contributed by atoms with Crippen molar-refractivity contribution < 1.29 is 19.8 Å². The van der Waals surface area contributed by atoms with Crippen molar-refractivity contribution in [2.45, 2.75) is 25.0 Å². The zero-order valence-corrected chi connectivity index (χ0v) is 13.0. The number of carbonyl (C=O) groups excluding carboxylic acids is 1. The van der Waals surface area contributed by atoms with Gasteiger partial charge in [-0.2, -0.15) is 0 Å². The van der Waals surface area contributed by atoms with Gasteiger partial charge in [-0.15, -0.1) is 11.3 Å². The van der Waals surface area contributed by atoms with Crippen molar-refractivity contribution >= 4 is 39.3 Å². The number of hydrogen-bond acceptors (Lipinski definition) is 4. The number of aliphatic carboxylic acids is 1. The molecule has 8 heteroatoms. The summed E-state index contributed by atoms with van der Waals surface area (Å²) < 4.78 is 1.03. The maximum Gasteiger partial charge on any atom is 0.326 e. The predicted molar refractivity (Wildman–Crippen MR) is 77.9 cm³/mol. The van der Waals surface area contributed by atoms with Crippen LogP contribution in [0.1, 0.15) is 11.3 Å². The summed E-state index contributed by atoms with van der Waals surface area (Å²) in [5, 5.41) is 21.2. The fourth-order valence-corrected chi connectivity index (χ4v) is 3.64. The van der Waals surface area contributed by atoms with Crippen molar-refractivity contribution in [2.24, 2.45) is 0 Å². The molecule has 1 aliphatic rings. The lowest BCUT2D eigenvalue weighted by atomic mass is 10.2. The van der Waals surface area contributed by atoms with Crippen LogP contribution in [-0.2, 0) is 11.2 Å². The standard InChI is InChI=1S/C12H15BrN2O4S/c13-10-2-1-8(20-10)3-4-14-12(19)15-6-7(16)5-9(15)11(17)18/h1-2,7,9,16H,3-6H2,(H,14,19)(H,17,18)/t7-,9+/m1/s1. The van der Waals surface area contributed by atoms with Crippen molar-refractivity contribution in [3.8, 4) is 0 Å². The number of urea groups is 1. The molecule has 6 nitrogen and oxygen atoms in total. The van der Waals surface area contributed by atoms with Crippen molar-refractivity contribution in [1.82, 2.24) is 10.2 Å². The van der Waals surface area contributed by atoms with Gasteiger partial charge in [0.1, 0.15) is 6.04 Å². The number of hydrogen-bond donors (Lipinski definition) is 3. The van der Waals surface area contributed by atoms with Gasteiger partial charge in [0.2, 0.25) is 0 Å². The Balaban J connectivity index is 1.83. The van der Waals surface area contributed by atoms with Crippen LogP contribution >= 0.6 is 27.3 Å². The number of amides is 2. The number of carboxylic acids is 1. The van der Waals surface area contributed by atoms with Crippen molar-refractivity contribution in [2.75, 3.05) is 13.1 Å². The van der Waals surface area contributed by atoms with E-state index in [4.69, 9.17) is 5.11 Å². The van der Waals surface area contributed by atoms with Gasteiger partial charge in [-0.1, -0.05) is 0 Å². The second-order valence-corrected chi connectivity index (χ2v) is 7.13. The van der Waals surface area contributed by atoms with Gasteiger partial charge in [-0.3, -0.25) is 0 Å². The largest absolute Gasteiger partial charge is 0.480 e. The van der Waals surface area contributed by atoms with Gasteiger partial charge < -0.3 is 20.4 Å². The molecule has 1 aromatic heterocycles. The molecule has 1 aliphatic heterocycles. The van der Waals surface area contributed by atoms with Gasteiger partial charge in [-0.25, -0.2) is 9.59 Å².